The monoisotopic (exact) mass is 289 g/mol. The molecular formula is C16H23N3S. The fourth-order valence-electron chi connectivity index (χ4n) is 2.89. The van der Waals surface area contributed by atoms with Gasteiger partial charge in [0.25, 0.3) is 0 Å². The van der Waals surface area contributed by atoms with E-state index in [4.69, 9.17) is 0 Å². The largest absolute Gasteiger partial charge is 0.310 e. The minimum absolute atomic E-state index is 0.840. The van der Waals surface area contributed by atoms with Crippen LogP contribution in [0.4, 0.5) is 0 Å². The topological polar surface area (TPSA) is 28.2 Å². The Balaban J connectivity index is 1.46. The van der Waals surface area contributed by atoms with Crippen LogP contribution < -0.4 is 5.32 Å². The number of thiazole rings is 1. The molecule has 2 heterocycles. The third-order valence-electron chi connectivity index (χ3n) is 4.20. The first-order valence-corrected chi connectivity index (χ1v) is 8.44. The third kappa shape index (κ3) is 3.37. The third-order valence-corrected chi connectivity index (χ3v) is 5.24. The van der Waals surface area contributed by atoms with Crippen molar-refractivity contribution in [2.24, 2.45) is 5.92 Å². The highest BCUT2D eigenvalue weighted by Crippen LogP contribution is 2.21. The zero-order valence-corrected chi connectivity index (χ0v) is 13.0. The van der Waals surface area contributed by atoms with Crippen LogP contribution in [0.15, 0.2) is 24.3 Å². The molecule has 20 heavy (non-hydrogen) atoms. The van der Waals surface area contributed by atoms with Crippen molar-refractivity contribution in [1.82, 2.24) is 15.2 Å². The summed E-state index contributed by atoms with van der Waals surface area (Å²) in [5, 5.41) is 4.80. The maximum atomic E-state index is 4.67. The van der Waals surface area contributed by atoms with Gasteiger partial charge in [-0.2, -0.15) is 0 Å². The van der Waals surface area contributed by atoms with Crippen molar-refractivity contribution in [3.63, 3.8) is 0 Å². The molecular weight excluding hydrogens is 266 g/mol. The second kappa shape index (κ2) is 6.66. The van der Waals surface area contributed by atoms with Gasteiger partial charge in [-0.25, -0.2) is 4.98 Å². The SMILES string of the molecule is CCN1CCC(CNCc2nc3ccccc3s2)CC1. The molecule has 0 amide bonds. The van der Waals surface area contributed by atoms with Crippen molar-refractivity contribution in [3.8, 4) is 0 Å². The summed E-state index contributed by atoms with van der Waals surface area (Å²) >= 11 is 1.81. The van der Waals surface area contributed by atoms with Gasteiger partial charge in [0.05, 0.1) is 10.2 Å². The Morgan fingerprint density at radius 3 is 2.85 bits per heavy atom. The molecule has 1 aromatic heterocycles. The van der Waals surface area contributed by atoms with Crippen molar-refractivity contribution in [2.45, 2.75) is 26.3 Å². The summed E-state index contributed by atoms with van der Waals surface area (Å²) in [6.07, 6.45) is 2.67. The van der Waals surface area contributed by atoms with E-state index in [-0.39, 0.29) is 0 Å². The predicted molar refractivity (Wildman–Crippen MR) is 86.2 cm³/mol. The summed E-state index contributed by atoms with van der Waals surface area (Å²) in [6.45, 7) is 8.03. The Kier molecular flexibility index (Phi) is 4.65. The average molecular weight is 289 g/mol. The van der Waals surface area contributed by atoms with Crippen LogP contribution in [0.5, 0.6) is 0 Å². The molecule has 1 N–H and O–H groups in total. The van der Waals surface area contributed by atoms with Crippen molar-refractivity contribution < 1.29 is 0 Å². The number of aromatic nitrogens is 1. The lowest BCUT2D eigenvalue weighted by Gasteiger charge is -2.31. The van der Waals surface area contributed by atoms with Crippen LogP contribution in [-0.4, -0.2) is 36.1 Å². The van der Waals surface area contributed by atoms with Gasteiger partial charge in [0, 0.05) is 6.54 Å². The fourth-order valence-corrected chi connectivity index (χ4v) is 3.82. The van der Waals surface area contributed by atoms with Gasteiger partial charge in [-0.15, -0.1) is 11.3 Å². The number of piperidine rings is 1. The number of fused-ring (bicyclic) bond motifs is 1. The number of hydrogen-bond donors (Lipinski definition) is 1. The van der Waals surface area contributed by atoms with Crippen molar-refractivity contribution in [3.05, 3.63) is 29.3 Å². The van der Waals surface area contributed by atoms with Crippen LogP contribution in [-0.2, 0) is 6.54 Å². The van der Waals surface area contributed by atoms with E-state index in [1.54, 1.807) is 11.3 Å². The van der Waals surface area contributed by atoms with Crippen molar-refractivity contribution in [1.29, 1.82) is 0 Å². The Labute approximate surface area is 125 Å². The summed E-state index contributed by atoms with van der Waals surface area (Å²) in [5.41, 5.74) is 1.13. The van der Waals surface area contributed by atoms with E-state index in [0.29, 0.717) is 0 Å². The number of nitrogens with one attached hydrogen (secondary N) is 1. The molecule has 1 fully saturated rings. The predicted octanol–water partition coefficient (Wildman–Crippen LogP) is 3.12. The Bertz CT molecular complexity index is 510. The van der Waals surface area contributed by atoms with E-state index in [9.17, 15) is 0 Å². The molecule has 1 aliphatic rings. The second-order valence-corrected chi connectivity index (χ2v) is 6.70. The lowest BCUT2D eigenvalue weighted by atomic mass is 9.97. The zero-order chi connectivity index (χ0) is 13.8. The first kappa shape index (κ1) is 14.0. The average Bonchev–Trinajstić information content (AvgIpc) is 2.90. The first-order valence-electron chi connectivity index (χ1n) is 7.62. The van der Waals surface area contributed by atoms with E-state index < -0.39 is 0 Å². The molecule has 2 aromatic rings. The number of para-hydroxylation sites is 1. The van der Waals surface area contributed by atoms with E-state index in [2.05, 4.69) is 46.4 Å². The van der Waals surface area contributed by atoms with E-state index in [0.717, 1.165) is 24.5 Å². The van der Waals surface area contributed by atoms with Gasteiger partial charge < -0.3 is 10.2 Å². The van der Waals surface area contributed by atoms with Gasteiger partial charge in [0.15, 0.2) is 0 Å². The van der Waals surface area contributed by atoms with Crippen molar-refractivity contribution in [2.75, 3.05) is 26.2 Å². The molecule has 3 nitrogen and oxygen atoms in total. The van der Waals surface area contributed by atoms with E-state index in [1.807, 2.05) is 0 Å². The number of nitrogens with zero attached hydrogens (tertiary/aromatic N) is 2. The lowest BCUT2D eigenvalue weighted by molar-refractivity contribution is 0.190. The summed E-state index contributed by atoms with van der Waals surface area (Å²) < 4.78 is 1.29. The molecule has 1 aromatic carbocycles. The molecule has 0 atom stereocenters. The number of hydrogen-bond acceptors (Lipinski definition) is 4. The van der Waals surface area contributed by atoms with Gasteiger partial charge in [0.2, 0.25) is 0 Å². The number of likely N-dealkylation sites (tertiary alicyclic amines) is 1. The molecule has 3 rings (SSSR count). The second-order valence-electron chi connectivity index (χ2n) is 5.58. The van der Waals surface area contributed by atoms with Crippen LogP contribution in [0, 0.1) is 5.92 Å². The summed E-state index contributed by atoms with van der Waals surface area (Å²) in [5.74, 6) is 0.840. The van der Waals surface area contributed by atoms with Crippen LogP contribution in [0.3, 0.4) is 0 Å². The van der Waals surface area contributed by atoms with Crippen LogP contribution in [0.1, 0.15) is 24.8 Å². The highest BCUT2D eigenvalue weighted by molar-refractivity contribution is 7.18. The van der Waals surface area contributed by atoms with Crippen LogP contribution >= 0.6 is 11.3 Å². The molecule has 0 bridgehead atoms. The molecule has 0 aliphatic carbocycles. The standard InChI is InChI=1S/C16H23N3S/c1-2-19-9-7-13(8-10-19)11-17-12-16-18-14-5-3-4-6-15(14)20-16/h3-6,13,17H,2,7-12H2,1H3. The van der Waals surface area contributed by atoms with E-state index >= 15 is 0 Å². The minimum Gasteiger partial charge on any atom is -0.310 e. The number of benzene rings is 1. The van der Waals surface area contributed by atoms with Gasteiger partial charge in [-0.3, -0.25) is 0 Å². The summed E-state index contributed by atoms with van der Waals surface area (Å²) in [4.78, 5) is 7.21. The number of rotatable bonds is 5. The van der Waals surface area contributed by atoms with Gasteiger partial charge >= 0.3 is 0 Å². The first-order chi connectivity index (χ1) is 9.85. The molecule has 0 saturated carbocycles. The Hall–Kier alpha value is -0.970. The molecule has 0 spiro atoms. The maximum absolute atomic E-state index is 4.67. The van der Waals surface area contributed by atoms with Gasteiger partial charge in [-0.05, 0) is 57.1 Å². The van der Waals surface area contributed by atoms with Gasteiger partial charge in [0.1, 0.15) is 5.01 Å². The summed E-state index contributed by atoms with van der Waals surface area (Å²) in [7, 11) is 0. The van der Waals surface area contributed by atoms with Crippen LogP contribution in [0.25, 0.3) is 10.2 Å². The molecule has 0 unspecified atom stereocenters. The molecule has 4 heteroatoms. The van der Waals surface area contributed by atoms with E-state index in [1.165, 1.54) is 42.2 Å². The van der Waals surface area contributed by atoms with Crippen LogP contribution in [0.2, 0.25) is 0 Å². The lowest BCUT2D eigenvalue weighted by Crippen LogP contribution is -2.36. The quantitative estimate of drug-likeness (QED) is 0.916. The molecule has 108 valence electrons. The highest BCUT2D eigenvalue weighted by Gasteiger charge is 2.17. The normalized spacial score (nSPS) is 17.9. The zero-order valence-electron chi connectivity index (χ0n) is 12.1. The molecule has 0 radical (unpaired) electrons. The smallest absolute Gasteiger partial charge is 0.108 e. The molecule has 1 saturated heterocycles. The Morgan fingerprint density at radius 2 is 2.10 bits per heavy atom. The molecule has 1 aliphatic heterocycles. The summed E-state index contributed by atoms with van der Waals surface area (Å²) in [6, 6.07) is 8.38. The fraction of sp³-hybridized carbons (Fsp3) is 0.562. The van der Waals surface area contributed by atoms with Crippen molar-refractivity contribution >= 4 is 21.6 Å². The maximum Gasteiger partial charge on any atom is 0.108 e. The highest BCUT2D eigenvalue weighted by atomic mass is 32.1. The van der Waals surface area contributed by atoms with Gasteiger partial charge in [-0.1, -0.05) is 19.1 Å². The minimum atomic E-state index is 0.840. The Morgan fingerprint density at radius 1 is 1.30 bits per heavy atom.